The Balaban J connectivity index is 1.87. The third kappa shape index (κ3) is 3.46. The van der Waals surface area contributed by atoms with Crippen LogP contribution in [0.25, 0.3) is 0 Å². The highest BCUT2D eigenvalue weighted by Gasteiger charge is 2.55. The first kappa shape index (κ1) is 17.7. The second-order valence-electron chi connectivity index (χ2n) is 7.16. The minimum absolute atomic E-state index is 0.0259. The van der Waals surface area contributed by atoms with E-state index in [4.69, 9.17) is 5.11 Å². The molecule has 2 heterocycles. The standard InChI is InChI=1S/C16H26N6O3/c1-10(2)18-14-19-13(17-6-7-23)20-15(21-14)22-8-11-4-3-5-16(11,9-22)12(24)25/h10-11,23H,3-9H2,1-2H3,(H,24,25)(H2,17,18,19,20,21)/t11-,16+/m0/s1. The molecule has 0 radical (unpaired) electrons. The van der Waals surface area contributed by atoms with Gasteiger partial charge in [0, 0.05) is 25.7 Å². The quantitative estimate of drug-likeness (QED) is 0.565. The summed E-state index contributed by atoms with van der Waals surface area (Å²) in [5.41, 5.74) is -0.684. The first-order valence-corrected chi connectivity index (χ1v) is 8.80. The van der Waals surface area contributed by atoms with Crippen LogP contribution in [0.2, 0.25) is 0 Å². The molecule has 0 aromatic carbocycles. The van der Waals surface area contributed by atoms with Crippen molar-refractivity contribution in [2.24, 2.45) is 11.3 Å². The van der Waals surface area contributed by atoms with Crippen LogP contribution in [0.5, 0.6) is 0 Å². The normalized spacial score (nSPS) is 25.3. The van der Waals surface area contributed by atoms with Gasteiger partial charge in [0.25, 0.3) is 0 Å². The summed E-state index contributed by atoms with van der Waals surface area (Å²) in [6.45, 7) is 5.37. The highest BCUT2D eigenvalue weighted by atomic mass is 16.4. The van der Waals surface area contributed by atoms with E-state index >= 15 is 0 Å². The summed E-state index contributed by atoms with van der Waals surface area (Å²) in [5, 5.41) is 24.9. The minimum Gasteiger partial charge on any atom is -0.481 e. The molecule has 1 saturated carbocycles. The first-order valence-electron chi connectivity index (χ1n) is 8.80. The van der Waals surface area contributed by atoms with Crippen LogP contribution in [-0.2, 0) is 4.79 Å². The Labute approximate surface area is 146 Å². The summed E-state index contributed by atoms with van der Waals surface area (Å²) in [6, 6.07) is 0.157. The van der Waals surface area contributed by atoms with Gasteiger partial charge in [-0.3, -0.25) is 4.79 Å². The molecular formula is C16H26N6O3. The van der Waals surface area contributed by atoms with E-state index in [0.29, 0.717) is 43.9 Å². The van der Waals surface area contributed by atoms with E-state index in [9.17, 15) is 9.90 Å². The van der Waals surface area contributed by atoms with E-state index in [1.54, 1.807) is 0 Å². The Morgan fingerprint density at radius 1 is 1.36 bits per heavy atom. The molecule has 4 N–H and O–H groups in total. The molecular weight excluding hydrogens is 324 g/mol. The largest absolute Gasteiger partial charge is 0.481 e. The lowest BCUT2D eigenvalue weighted by molar-refractivity contribution is -0.149. The number of aliphatic hydroxyl groups excluding tert-OH is 1. The lowest BCUT2D eigenvalue weighted by Gasteiger charge is -2.23. The van der Waals surface area contributed by atoms with Gasteiger partial charge in [-0.15, -0.1) is 0 Å². The highest BCUT2D eigenvalue weighted by molar-refractivity contribution is 5.77. The van der Waals surface area contributed by atoms with Crippen LogP contribution in [-0.4, -0.2) is 63.4 Å². The molecule has 138 valence electrons. The number of aromatic nitrogens is 3. The van der Waals surface area contributed by atoms with E-state index in [2.05, 4.69) is 25.6 Å². The van der Waals surface area contributed by atoms with Gasteiger partial charge >= 0.3 is 5.97 Å². The Hall–Kier alpha value is -2.16. The summed E-state index contributed by atoms with van der Waals surface area (Å²) in [6.07, 6.45) is 2.60. The Bertz CT molecular complexity index is 640. The van der Waals surface area contributed by atoms with Crippen molar-refractivity contribution in [3.8, 4) is 0 Å². The van der Waals surface area contributed by atoms with Gasteiger partial charge < -0.3 is 25.7 Å². The summed E-state index contributed by atoms with van der Waals surface area (Å²) < 4.78 is 0. The summed E-state index contributed by atoms with van der Waals surface area (Å²) in [7, 11) is 0. The number of anilines is 3. The second kappa shape index (κ2) is 6.99. The van der Waals surface area contributed by atoms with E-state index in [1.165, 1.54) is 0 Å². The number of hydrogen-bond acceptors (Lipinski definition) is 8. The minimum atomic E-state index is -0.717. The van der Waals surface area contributed by atoms with Gasteiger partial charge in [-0.1, -0.05) is 6.42 Å². The van der Waals surface area contributed by atoms with Crippen molar-refractivity contribution in [1.29, 1.82) is 0 Å². The molecule has 2 fully saturated rings. The summed E-state index contributed by atoms with van der Waals surface area (Å²) >= 11 is 0. The van der Waals surface area contributed by atoms with Crippen molar-refractivity contribution in [3.63, 3.8) is 0 Å². The second-order valence-corrected chi connectivity index (χ2v) is 7.16. The zero-order chi connectivity index (χ0) is 18.0. The highest BCUT2D eigenvalue weighted by Crippen LogP contribution is 2.49. The molecule has 0 spiro atoms. The molecule has 0 amide bonds. The molecule has 1 saturated heterocycles. The van der Waals surface area contributed by atoms with Crippen molar-refractivity contribution in [1.82, 2.24) is 15.0 Å². The van der Waals surface area contributed by atoms with Gasteiger partial charge in [-0.05, 0) is 32.6 Å². The number of fused-ring (bicyclic) bond motifs is 1. The van der Waals surface area contributed by atoms with Crippen LogP contribution in [0.1, 0.15) is 33.1 Å². The maximum atomic E-state index is 11.9. The van der Waals surface area contributed by atoms with Crippen molar-refractivity contribution in [2.75, 3.05) is 41.8 Å². The number of carbonyl (C=O) groups is 1. The molecule has 1 aromatic rings. The summed E-state index contributed by atoms with van der Waals surface area (Å²) in [4.78, 5) is 27.0. The Morgan fingerprint density at radius 3 is 2.76 bits per heavy atom. The number of aliphatic hydroxyl groups is 1. The van der Waals surface area contributed by atoms with Gasteiger partial charge in [0.2, 0.25) is 17.8 Å². The number of nitrogens with one attached hydrogen (secondary N) is 2. The first-order chi connectivity index (χ1) is 11.9. The van der Waals surface area contributed by atoms with Crippen molar-refractivity contribution >= 4 is 23.8 Å². The fourth-order valence-electron chi connectivity index (χ4n) is 3.87. The number of nitrogens with zero attached hydrogens (tertiary/aromatic N) is 4. The fourth-order valence-corrected chi connectivity index (χ4v) is 3.87. The summed E-state index contributed by atoms with van der Waals surface area (Å²) in [5.74, 6) is 0.724. The van der Waals surface area contributed by atoms with Crippen molar-refractivity contribution in [3.05, 3.63) is 0 Å². The molecule has 1 aliphatic heterocycles. The van der Waals surface area contributed by atoms with Gasteiger partial charge in [0.05, 0.1) is 12.0 Å². The molecule has 2 atom stereocenters. The van der Waals surface area contributed by atoms with Gasteiger partial charge in [-0.2, -0.15) is 15.0 Å². The zero-order valence-corrected chi connectivity index (χ0v) is 14.7. The zero-order valence-electron chi connectivity index (χ0n) is 14.7. The molecule has 3 rings (SSSR count). The van der Waals surface area contributed by atoms with Gasteiger partial charge in [-0.25, -0.2) is 0 Å². The molecule has 9 nitrogen and oxygen atoms in total. The third-order valence-electron chi connectivity index (χ3n) is 5.02. The van der Waals surface area contributed by atoms with Crippen LogP contribution in [0.4, 0.5) is 17.8 Å². The Kier molecular flexibility index (Phi) is 4.94. The lowest BCUT2D eigenvalue weighted by Crippen LogP contribution is -2.36. The van der Waals surface area contributed by atoms with E-state index in [1.807, 2.05) is 18.7 Å². The van der Waals surface area contributed by atoms with Crippen molar-refractivity contribution < 1.29 is 15.0 Å². The fraction of sp³-hybridized carbons (Fsp3) is 0.750. The monoisotopic (exact) mass is 350 g/mol. The third-order valence-corrected chi connectivity index (χ3v) is 5.02. The average Bonchev–Trinajstić information content (AvgIpc) is 3.10. The molecule has 25 heavy (non-hydrogen) atoms. The maximum absolute atomic E-state index is 11.9. The number of rotatable bonds is 7. The average molecular weight is 350 g/mol. The SMILES string of the molecule is CC(C)Nc1nc(NCCO)nc(N2C[C@@H]3CCC[C@@]3(C(=O)O)C2)n1. The number of carboxylic acid groups (broad SMARTS) is 1. The van der Waals surface area contributed by atoms with Crippen LogP contribution < -0.4 is 15.5 Å². The maximum Gasteiger partial charge on any atom is 0.311 e. The van der Waals surface area contributed by atoms with Crippen LogP contribution >= 0.6 is 0 Å². The van der Waals surface area contributed by atoms with Crippen molar-refractivity contribution in [2.45, 2.75) is 39.2 Å². The van der Waals surface area contributed by atoms with E-state index < -0.39 is 11.4 Å². The molecule has 0 bridgehead atoms. The molecule has 1 aromatic heterocycles. The lowest BCUT2D eigenvalue weighted by atomic mass is 9.81. The van der Waals surface area contributed by atoms with E-state index in [-0.39, 0.29) is 18.6 Å². The van der Waals surface area contributed by atoms with Crippen LogP contribution in [0, 0.1) is 11.3 Å². The smallest absolute Gasteiger partial charge is 0.311 e. The predicted molar refractivity (Wildman–Crippen MR) is 93.8 cm³/mol. The van der Waals surface area contributed by atoms with Crippen LogP contribution in [0.15, 0.2) is 0 Å². The topological polar surface area (TPSA) is 124 Å². The number of aliphatic carboxylic acids is 1. The number of carboxylic acids is 1. The van der Waals surface area contributed by atoms with Gasteiger partial charge in [0.15, 0.2) is 0 Å². The molecule has 0 unspecified atom stereocenters. The van der Waals surface area contributed by atoms with Crippen LogP contribution in [0.3, 0.4) is 0 Å². The number of hydrogen-bond donors (Lipinski definition) is 4. The molecule has 2 aliphatic rings. The van der Waals surface area contributed by atoms with Gasteiger partial charge in [0.1, 0.15) is 0 Å². The molecule has 1 aliphatic carbocycles. The predicted octanol–water partition coefficient (Wildman–Crippen LogP) is 0.787. The van der Waals surface area contributed by atoms with E-state index in [0.717, 1.165) is 12.8 Å². The molecule has 9 heteroatoms. The Morgan fingerprint density at radius 2 is 2.12 bits per heavy atom.